The van der Waals surface area contributed by atoms with Gasteiger partial charge in [-0.25, -0.2) is 9.97 Å². The van der Waals surface area contributed by atoms with Crippen molar-refractivity contribution in [1.82, 2.24) is 24.7 Å². The van der Waals surface area contributed by atoms with Crippen molar-refractivity contribution in [3.8, 4) is 0 Å². The number of ketones is 1. The summed E-state index contributed by atoms with van der Waals surface area (Å²) in [6, 6.07) is 8.02. The highest BCUT2D eigenvalue weighted by Gasteiger charge is 2.30. The molecule has 1 saturated carbocycles. The molecule has 0 saturated heterocycles. The molecule has 3 aromatic heterocycles. The predicted molar refractivity (Wildman–Crippen MR) is 115 cm³/mol. The van der Waals surface area contributed by atoms with Crippen LogP contribution in [-0.2, 0) is 0 Å². The molecular formula is C22H22N6O2. The maximum Gasteiger partial charge on any atom is 0.259 e. The van der Waals surface area contributed by atoms with E-state index < -0.39 is 0 Å². The van der Waals surface area contributed by atoms with Crippen molar-refractivity contribution in [2.24, 2.45) is 0 Å². The minimum atomic E-state index is -0.212. The zero-order valence-corrected chi connectivity index (χ0v) is 17.1. The van der Waals surface area contributed by atoms with Gasteiger partial charge in [0.1, 0.15) is 17.8 Å². The number of anilines is 1. The fourth-order valence-electron chi connectivity index (χ4n) is 4.11. The van der Waals surface area contributed by atoms with E-state index >= 15 is 0 Å². The number of nitrogens with zero attached hydrogens (tertiary/aromatic N) is 4. The van der Waals surface area contributed by atoms with Crippen LogP contribution < -0.4 is 10.9 Å². The number of benzene rings is 1. The van der Waals surface area contributed by atoms with Gasteiger partial charge in [-0.2, -0.15) is 5.10 Å². The zero-order chi connectivity index (χ0) is 21.0. The number of fused-ring (bicyclic) bond motifs is 2. The second kappa shape index (κ2) is 6.76. The molecular weight excluding hydrogens is 380 g/mol. The van der Waals surface area contributed by atoms with Gasteiger partial charge < -0.3 is 9.88 Å². The SMILES string of the molecule is CC(=O)c1[nH]nc2ncnc(N[C@@H](C)c3cc4cccc(C)c4c(=O)n3C3CC3)c12. The largest absolute Gasteiger partial charge is 0.361 e. The molecule has 0 spiro atoms. The lowest BCUT2D eigenvalue weighted by molar-refractivity contribution is 0.101. The topological polar surface area (TPSA) is 106 Å². The lowest BCUT2D eigenvalue weighted by Gasteiger charge is -2.21. The molecule has 1 aliphatic rings. The number of H-pyrrole nitrogens is 1. The monoisotopic (exact) mass is 402 g/mol. The van der Waals surface area contributed by atoms with Gasteiger partial charge >= 0.3 is 0 Å². The Morgan fingerprint density at radius 2 is 2.07 bits per heavy atom. The number of rotatable bonds is 5. The highest BCUT2D eigenvalue weighted by atomic mass is 16.1. The van der Waals surface area contributed by atoms with Gasteiger partial charge in [0.15, 0.2) is 11.4 Å². The molecule has 8 nitrogen and oxygen atoms in total. The van der Waals surface area contributed by atoms with Crippen molar-refractivity contribution in [2.45, 2.75) is 45.7 Å². The first-order valence-electron chi connectivity index (χ1n) is 10.1. The fourth-order valence-corrected chi connectivity index (χ4v) is 4.11. The Bertz CT molecular complexity index is 1370. The van der Waals surface area contributed by atoms with Gasteiger partial charge in [0.25, 0.3) is 5.56 Å². The van der Waals surface area contributed by atoms with Gasteiger partial charge in [-0.1, -0.05) is 18.2 Å². The third kappa shape index (κ3) is 2.87. The Morgan fingerprint density at radius 1 is 1.27 bits per heavy atom. The summed E-state index contributed by atoms with van der Waals surface area (Å²) in [7, 11) is 0. The summed E-state index contributed by atoms with van der Waals surface area (Å²) in [5.41, 5.74) is 2.74. The third-order valence-corrected chi connectivity index (χ3v) is 5.73. The summed E-state index contributed by atoms with van der Waals surface area (Å²) >= 11 is 0. The number of pyridine rings is 1. The first-order valence-corrected chi connectivity index (χ1v) is 10.1. The normalized spacial score (nSPS) is 14.9. The average molecular weight is 402 g/mol. The number of aromatic amines is 1. The Labute approximate surface area is 172 Å². The van der Waals surface area contributed by atoms with E-state index in [0.717, 1.165) is 34.9 Å². The minimum absolute atomic E-state index is 0.0531. The molecule has 1 fully saturated rings. The smallest absolute Gasteiger partial charge is 0.259 e. The van der Waals surface area contributed by atoms with E-state index in [-0.39, 0.29) is 23.4 Å². The molecule has 1 atom stereocenters. The highest BCUT2D eigenvalue weighted by Crippen LogP contribution is 2.37. The molecule has 2 N–H and O–H groups in total. The summed E-state index contributed by atoms with van der Waals surface area (Å²) in [6.07, 6.45) is 3.43. The van der Waals surface area contributed by atoms with E-state index in [4.69, 9.17) is 0 Å². The molecule has 4 aromatic rings. The first-order chi connectivity index (χ1) is 14.5. The van der Waals surface area contributed by atoms with E-state index in [1.54, 1.807) is 0 Å². The van der Waals surface area contributed by atoms with Crippen molar-refractivity contribution in [2.75, 3.05) is 5.32 Å². The Morgan fingerprint density at radius 3 is 2.80 bits per heavy atom. The van der Waals surface area contributed by atoms with Gasteiger partial charge in [0.2, 0.25) is 0 Å². The molecule has 0 bridgehead atoms. The van der Waals surface area contributed by atoms with Crippen LogP contribution in [-0.4, -0.2) is 30.5 Å². The van der Waals surface area contributed by atoms with Crippen LogP contribution in [0.15, 0.2) is 35.4 Å². The maximum atomic E-state index is 13.4. The summed E-state index contributed by atoms with van der Waals surface area (Å²) in [6.45, 7) is 5.45. The van der Waals surface area contributed by atoms with E-state index in [9.17, 15) is 9.59 Å². The van der Waals surface area contributed by atoms with Crippen LogP contribution in [0, 0.1) is 6.92 Å². The zero-order valence-electron chi connectivity index (χ0n) is 17.1. The lowest BCUT2D eigenvalue weighted by Crippen LogP contribution is -2.26. The first kappa shape index (κ1) is 18.5. The molecule has 0 unspecified atom stereocenters. The van der Waals surface area contributed by atoms with Crippen molar-refractivity contribution in [3.05, 3.63) is 57.9 Å². The van der Waals surface area contributed by atoms with Gasteiger partial charge in [-0.15, -0.1) is 0 Å². The maximum absolute atomic E-state index is 13.4. The molecule has 8 heteroatoms. The number of hydrogen-bond acceptors (Lipinski definition) is 6. The van der Waals surface area contributed by atoms with Crippen molar-refractivity contribution in [3.63, 3.8) is 0 Å². The molecule has 0 amide bonds. The summed E-state index contributed by atoms with van der Waals surface area (Å²) in [5.74, 6) is 0.379. The van der Waals surface area contributed by atoms with Crippen LogP contribution in [0.25, 0.3) is 21.8 Å². The van der Waals surface area contributed by atoms with Crippen LogP contribution in [0.5, 0.6) is 0 Å². The molecule has 3 heterocycles. The lowest BCUT2D eigenvalue weighted by atomic mass is 10.0. The van der Waals surface area contributed by atoms with Gasteiger partial charge in [-0.3, -0.25) is 14.7 Å². The molecule has 152 valence electrons. The Hall–Kier alpha value is -3.55. The number of aromatic nitrogens is 5. The molecule has 1 aliphatic carbocycles. The number of nitrogens with one attached hydrogen (secondary N) is 2. The number of carbonyl (C=O) groups excluding carboxylic acids is 1. The average Bonchev–Trinajstić information content (AvgIpc) is 3.44. The van der Waals surface area contributed by atoms with Crippen molar-refractivity contribution >= 4 is 33.4 Å². The van der Waals surface area contributed by atoms with Gasteiger partial charge in [0, 0.05) is 18.7 Å². The quantitative estimate of drug-likeness (QED) is 0.493. The standard InChI is InChI=1S/C22H22N6O2/c1-11-5-4-6-14-9-16(28(15-7-8-15)22(30)17(11)14)12(2)25-20-18-19(13(3)29)26-27-21(18)24-10-23-20/h4-6,9-10,12,15H,7-8H2,1-3H3,(H2,23,24,25,26,27)/t12-/m0/s1. The number of hydrogen-bond donors (Lipinski definition) is 2. The van der Waals surface area contributed by atoms with Crippen molar-refractivity contribution < 1.29 is 4.79 Å². The van der Waals surface area contributed by atoms with Gasteiger partial charge in [-0.05, 0) is 43.7 Å². The van der Waals surface area contributed by atoms with Crippen LogP contribution in [0.1, 0.15) is 60.5 Å². The minimum Gasteiger partial charge on any atom is -0.361 e. The number of carbonyl (C=O) groups is 1. The summed E-state index contributed by atoms with van der Waals surface area (Å²) in [4.78, 5) is 33.9. The van der Waals surface area contributed by atoms with Crippen LogP contribution in [0.3, 0.4) is 0 Å². The van der Waals surface area contributed by atoms with E-state index in [1.807, 2.05) is 36.6 Å². The fraction of sp³-hybridized carbons (Fsp3) is 0.318. The second-order valence-corrected chi connectivity index (χ2v) is 7.96. The van der Waals surface area contributed by atoms with Crippen LogP contribution in [0.2, 0.25) is 0 Å². The summed E-state index contributed by atoms with van der Waals surface area (Å²) in [5, 5.41) is 12.5. The van der Waals surface area contributed by atoms with Crippen molar-refractivity contribution in [1.29, 1.82) is 0 Å². The second-order valence-electron chi connectivity index (χ2n) is 7.96. The predicted octanol–water partition coefficient (Wildman–Crippen LogP) is 3.69. The van der Waals surface area contributed by atoms with E-state index in [1.165, 1.54) is 13.3 Å². The Kier molecular flexibility index (Phi) is 4.16. The highest BCUT2D eigenvalue weighted by molar-refractivity contribution is 6.07. The molecule has 0 radical (unpaired) electrons. The van der Waals surface area contributed by atoms with Gasteiger partial charge in [0.05, 0.1) is 16.8 Å². The molecule has 5 rings (SSSR count). The molecule has 1 aromatic carbocycles. The third-order valence-electron chi connectivity index (χ3n) is 5.73. The van der Waals surface area contributed by atoms with Crippen LogP contribution >= 0.6 is 0 Å². The van der Waals surface area contributed by atoms with E-state index in [2.05, 4.69) is 31.5 Å². The molecule has 0 aliphatic heterocycles. The van der Waals surface area contributed by atoms with E-state index in [0.29, 0.717) is 22.5 Å². The van der Waals surface area contributed by atoms with Crippen LogP contribution in [0.4, 0.5) is 5.82 Å². The number of aryl methyl sites for hydroxylation is 1. The summed E-state index contributed by atoms with van der Waals surface area (Å²) < 4.78 is 1.92. The number of Topliss-reactive ketones (excluding diaryl/α,β-unsaturated/α-hetero) is 1. The molecule has 30 heavy (non-hydrogen) atoms. The Balaban J connectivity index is 1.64.